The Morgan fingerprint density at radius 3 is 1.27 bits per heavy atom. The van der Waals surface area contributed by atoms with Crippen LogP contribution in [0.4, 0.5) is 11.4 Å². The number of para-hydroxylation sites is 1. The van der Waals surface area contributed by atoms with E-state index in [-0.39, 0.29) is 5.78 Å². The second-order valence-corrected chi connectivity index (χ2v) is 8.37. The molecule has 0 heterocycles. The Balaban J connectivity index is 0.000000195. The van der Waals surface area contributed by atoms with Crippen molar-refractivity contribution in [2.24, 2.45) is 0 Å². The van der Waals surface area contributed by atoms with Crippen LogP contribution in [0.25, 0.3) is 0 Å². The topological polar surface area (TPSA) is 87.6 Å². The molecule has 0 radical (unpaired) electrons. The molecule has 0 aliphatic rings. The number of nitrogen functional groups attached to an aromatic ring is 2. The lowest BCUT2D eigenvalue weighted by molar-refractivity contribution is 0.103. The Morgan fingerprint density at radius 1 is 0.486 bits per heavy atom. The third-order valence-corrected chi connectivity index (χ3v) is 5.41. The normalized spacial score (nSPS) is 10.1. The van der Waals surface area contributed by atoms with Crippen molar-refractivity contribution in [1.29, 1.82) is 0 Å². The fourth-order valence-corrected chi connectivity index (χ4v) is 3.38. The Kier molecular flexibility index (Phi) is 8.19. The summed E-state index contributed by atoms with van der Waals surface area (Å²) in [5, 5.41) is 0. The first-order chi connectivity index (χ1) is 18.0. The van der Waals surface area contributed by atoms with Gasteiger partial charge in [0.05, 0.1) is 0 Å². The van der Waals surface area contributed by atoms with E-state index in [0.717, 1.165) is 22.7 Å². The third-order valence-electron chi connectivity index (χ3n) is 5.41. The minimum absolute atomic E-state index is 0.00374. The summed E-state index contributed by atoms with van der Waals surface area (Å²) in [6.07, 6.45) is 0. The van der Waals surface area contributed by atoms with Gasteiger partial charge in [-0.2, -0.15) is 0 Å². The average Bonchev–Trinajstić information content (AvgIpc) is 2.93. The highest BCUT2D eigenvalue weighted by molar-refractivity contribution is 6.09. The Morgan fingerprint density at radius 2 is 0.838 bits per heavy atom. The molecule has 0 saturated heterocycles. The molecule has 0 atom stereocenters. The number of carbonyl (C=O) groups excluding carboxylic acids is 1. The minimum Gasteiger partial charge on any atom is -0.457 e. The van der Waals surface area contributed by atoms with E-state index >= 15 is 0 Å². The molecule has 0 aliphatic carbocycles. The summed E-state index contributed by atoms with van der Waals surface area (Å²) in [6.45, 7) is 2.00. The van der Waals surface area contributed by atoms with Crippen molar-refractivity contribution in [3.63, 3.8) is 0 Å². The molecule has 0 amide bonds. The van der Waals surface area contributed by atoms with E-state index in [1.165, 1.54) is 0 Å². The number of nitrogens with two attached hydrogens (primary N) is 2. The predicted octanol–water partition coefficient (Wildman–Crippen LogP) is 7.66. The van der Waals surface area contributed by atoms with Gasteiger partial charge in [0.2, 0.25) is 0 Å². The number of hydrogen-bond donors (Lipinski definition) is 2. The van der Waals surface area contributed by atoms with Crippen molar-refractivity contribution in [3.8, 4) is 23.0 Å². The number of ether oxygens (including phenoxy) is 2. The first-order valence-corrected chi connectivity index (χ1v) is 11.8. The van der Waals surface area contributed by atoms with Crippen LogP contribution >= 0.6 is 0 Å². The molecular weight excluding hydrogens is 460 g/mol. The molecule has 5 heteroatoms. The first-order valence-electron chi connectivity index (χ1n) is 11.8. The van der Waals surface area contributed by atoms with Gasteiger partial charge in [-0.05, 0) is 91.9 Å². The van der Waals surface area contributed by atoms with Crippen LogP contribution in [0.1, 0.15) is 21.5 Å². The molecule has 0 saturated carbocycles. The third kappa shape index (κ3) is 7.47. The predicted molar refractivity (Wildman–Crippen MR) is 149 cm³/mol. The van der Waals surface area contributed by atoms with E-state index in [1.54, 1.807) is 48.5 Å². The van der Waals surface area contributed by atoms with Crippen LogP contribution in [-0.4, -0.2) is 5.78 Å². The molecule has 5 rings (SSSR count). The molecule has 0 fully saturated rings. The second-order valence-electron chi connectivity index (χ2n) is 8.37. The summed E-state index contributed by atoms with van der Waals surface area (Å²) in [7, 11) is 0. The lowest BCUT2D eigenvalue weighted by Crippen LogP contribution is -2.00. The second kappa shape index (κ2) is 12.1. The van der Waals surface area contributed by atoms with Crippen molar-refractivity contribution < 1.29 is 14.3 Å². The molecule has 0 spiro atoms. The van der Waals surface area contributed by atoms with Gasteiger partial charge in [0.1, 0.15) is 23.0 Å². The number of anilines is 2. The summed E-state index contributed by atoms with van der Waals surface area (Å²) in [4.78, 5) is 12.4. The number of rotatable bonds is 6. The van der Waals surface area contributed by atoms with Gasteiger partial charge < -0.3 is 20.9 Å². The molecule has 184 valence electrons. The van der Waals surface area contributed by atoms with Gasteiger partial charge in [-0.1, -0.05) is 48.0 Å². The van der Waals surface area contributed by atoms with Crippen LogP contribution in [0.15, 0.2) is 127 Å². The number of hydrogen-bond acceptors (Lipinski definition) is 5. The molecular formula is C32H28N2O3. The van der Waals surface area contributed by atoms with Crippen LogP contribution in [0, 0.1) is 6.92 Å². The maximum absolute atomic E-state index is 12.4. The fourth-order valence-electron chi connectivity index (χ4n) is 3.38. The van der Waals surface area contributed by atoms with E-state index < -0.39 is 0 Å². The van der Waals surface area contributed by atoms with Gasteiger partial charge in [-0.15, -0.1) is 0 Å². The first kappa shape index (κ1) is 25.1. The maximum atomic E-state index is 12.4. The van der Waals surface area contributed by atoms with Crippen LogP contribution in [0.3, 0.4) is 0 Å². The number of aryl methyl sites for hydroxylation is 1. The van der Waals surface area contributed by atoms with Crippen molar-refractivity contribution in [3.05, 3.63) is 144 Å². The van der Waals surface area contributed by atoms with Gasteiger partial charge in [-0.3, -0.25) is 4.79 Å². The molecule has 4 N–H and O–H groups in total. The molecule has 0 unspecified atom stereocenters. The van der Waals surface area contributed by atoms with E-state index in [0.29, 0.717) is 28.3 Å². The highest BCUT2D eigenvalue weighted by atomic mass is 16.5. The SMILES string of the molecule is Cc1ccc(C(=O)c2ccc(Oc3ccc(N)cc3)cc2)cc1.Nc1ccc(Oc2ccccc2)cc1. The Labute approximate surface area is 216 Å². The van der Waals surface area contributed by atoms with Crippen LogP contribution in [0.2, 0.25) is 0 Å². The summed E-state index contributed by atoms with van der Waals surface area (Å²) >= 11 is 0. The average molecular weight is 489 g/mol. The lowest BCUT2D eigenvalue weighted by atomic mass is 10.0. The van der Waals surface area contributed by atoms with Crippen LogP contribution in [0.5, 0.6) is 23.0 Å². The largest absolute Gasteiger partial charge is 0.457 e. The minimum atomic E-state index is 0.00374. The van der Waals surface area contributed by atoms with Crippen molar-refractivity contribution in [2.75, 3.05) is 11.5 Å². The smallest absolute Gasteiger partial charge is 0.193 e. The zero-order chi connectivity index (χ0) is 26.0. The van der Waals surface area contributed by atoms with E-state index in [1.807, 2.05) is 85.8 Å². The molecule has 0 aliphatic heterocycles. The van der Waals surface area contributed by atoms with Gasteiger partial charge >= 0.3 is 0 Å². The summed E-state index contributed by atoms with van der Waals surface area (Å²) in [5.41, 5.74) is 15.1. The molecule has 0 aromatic heterocycles. The van der Waals surface area contributed by atoms with Crippen molar-refractivity contribution in [1.82, 2.24) is 0 Å². The maximum Gasteiger partial charge on any atom is 0.193 e. The van der Waals surface area contributed by atoms with E-state index in [2.05, 4.69) is 0 Å². The summed E-state index contributed by atoms with van der Waals surface area (Å²) in [5.74, 6) is 3.01. The Bertz CT molecular complexity index is 1410. The molecule has 37 heavy (non-hydrogen) atoms. The monoisotopic (exact) mass is 488 g/mol. The Hall–Kier alpha value is -5.03. The zero-order valence-electron chi connectivity index (χ0n) is 20.5. The highest BCUT2D eigenvalue weighted by Crippen LogP contribution is 2.24. The number of ketones is 1. The highest BCUT2D eigenvalue weighted by Gasteiger charge is 2.09. The van der Waals surface area contributed by atoms with E-state index in [9.17, 15) is 4.79 Å². The number of carbonyl (C=O) groups is 1. The molecule has 5 nitrogen and oxygen atoms in total. The molecule has 0 bridgehead atoms. The summed E-state index contributed by atoms with van der Waals surface area (Å²) in [6, 6.07) is 38.9. The quantitative estimate of drug-likeness (QED) is 0.189. The zero-order valence-corrected chi connectivity index (χ0v) is 20.5. The van der Waals surface area contributed by atoms with Gasteiger partial charge in [0.15, 0.2) is 5.78 Å². The van der Waals surface area contributed by atoms with Gasteiger partial charge in [0.25, 0.3) is 0 Å². The van der Waals surface area contributed by atoms with Crippen LogP contribution in [-0.2, 0) is 0 Å². The van der Waals surface area contributed by atoms with Gasteiger partial charge in [0, 0.05) is 22.5 Å². The molecule has 5 aromatic rings. The number of benzene rings is 5. The van der Waals surface area contributed by atoms with Crippen LogP contribution < -0.4 is 20.9 Å². The lowest BCUT2D eigenvalue weighted by Gasteiger charge is -2.07. The van der Waals surface area contributed by atoms with Gasteiger partial charge in [-0.25, -0.2) is 0 Å². The standard InChI is InChI=1S/C20H17NO2.C12H11NO/c1-14-2-4-15(5-3-14)20(22)16-6-10-18(11-7-16)23-19-12-8-17(21)9-13-19;13-10-6-8-12(9-7-10)14-11-4-2-1-3-5-11/h2-13H,21H2,1H3;1-9H,13H2. The molecule has 5 aromatic carbocycles. The van der Waals surface area contributed by atoms with Crippen molar-refractivity contribution in [2.45, 2.75) is 6.92 Å². The van der Waals surface area contributed by atoms with Crippen molar-refractivity contribution >= 4 is 17.2 Å². The fraction of sp³-hybridized carbons (Fsp3) is 0.0312. The summed E-state index contributed by atoms with van der Waals surface area (Å²) < 4.78 is 11.3. The van der Waals surface area contributed by atoms with E-state index in [4.69, 9.17) is 20.9 Å².